The highest BCUT2D eigenvalue weighted by Gasteiger charge is 2.20. The number of ether oxygens (including phenoxy) is 1. The quantitative estimate of drug-likeness (QED) is 0.795. The first-order valence-corrected chi connectivity index (χ1v) is 6.55. The molecule has 0 aliphatic heterocycles. The Morgan fingerprint density at radius 1 is 1.14 bits per heavy atom. The van der Waals surface area contributed by atoms with Crippen molar-refractivity contribution < 1.29 is 18.3 Å². The van der Waals surface area contributed by atoms with E-state index in [0.29, 0.717) is 11.3 Å². The van der Waals surface area contributed by atoms with Crippen LogP contribution in [0.5, 0.6) is 5.75 Å². The first kappa shape index (κ1) is 15.2. The number of rotatable bonds is 4. The lowest BCUT2D eigenvalue weighted by molar-refractivity contribution is 0.0984. The maximum absolute atomic E-state index is 14.0. The van der Waals surface area contributed by atoms with Crippen LogP contribution in [0.1, 0.15) is 27.0 Å². The van der Waals surface area contributed by atoms with E-state index in [4.69, 9.17) is 4.74 Å². The highest BCUT2D eigenvalue weighted by molar-refractivity contribution is 5.98. The van der Waals surface area contributed by atoms with Crippen molar-refractivity contribution in [1.82, 2.24) is 0 Å². The molecule has 0 aliphatic carbocycles. The average Bonchev–Trinajstić information content (AvgIpc) is 2.43. The summed E-state index contributed by atoms with van der Waals surface area (Å²) in [6.07, 6.45) is -0.109. The Labute approximate surface area is 122 Å². The largest absolute Gasteiger partial charge is 0.496 e. The van der Waals surface area contributed by atoms with Crippen LogP contribution in [-0.2, 0) is 6.42 Å². The number of aryl methyl sites for hydroxylation is 2. The molecular formula is C17H16F2O2. The van der Waals surface area contributed by atoms with Crippen LogP contribution in [0.3, 0.4) is 0 Å². The molecule has 4 heteroatoms. The van der Waals surface area contributed by atoms with Crippen molar-refractivity contribution in [2.75, 3.05) is 7.11 Å². The first-order valence-electron chi connectivity index (χ1n) is 6.55. The Kier molecular flexibility index (Phi) is 4.36. The predicted molar refractivity (Wildman–Crippen MR) is 76.9 cm³/mol. The molecule has 0 unspecified atom stereocenters. The number of ketones is 1. The molecule has 0 saturated carbocycles. The zero-order valence-corrected chi connectivity index (χ0v) is 12.2. The highest BCUT2D eigenvalue weighted by Crippen LogP contribution is 2.24. The van der Waals surface area contributed by atoms with E-state index in [1.807, 2.05) is 13.0 Å². The molecule has 110 valence electrons. The summed E-state index contributed by atoms with van der Waals surface area (Å²) in [7, 11) is 1.49. The lowest BCUT2D eigenvalue weighted by Crippen LogP contribution is -2.11. The average molecular weight is 290 g/mol. The van der Waals surface area contributed by atoms with Crippen LogP contribution in [0.15, 0.2) is 30.3 Å². The molecule has 0 atom stereocenters. The summed E-state index contributed by atoms with van der Waals surface area (Å²) < 4.78 is 32.9. The van der Waals surface area contributed by atoms with Crippen molar-refractivity contribution in [3.05, 3.63) is 64.2 Å². The standard InChI is InChI=1S/C17H16F2O2/c1-10-4-7-15(21-3)12(8-10)9-14(20)16-13(18)6-5-11(2)17(16)19/h4-8H,9H2,1-3H3. The Morgan fingerprint density at radius 3 is 2.52 bits per heavy atom. The fourth-order valence-corrected chi connectivity index (χ4v) is 2.22. The molecule has 0 aromatic heterocycles. The van der Waals surface area contributed by atoms with Crippen molar-refractivity contribution in [1.29, 1.82) is 0 Å². The number of hydrogen-bond donors (Lipinski definition) is 0. The number of halogens is 2. The van der Waals surface area contributed by atoms with Gasteiger partial charge in [-0.1, -0.05) is 23.8 Å². The second kappa shape index (κ2) is 6.04. The van der Waals surface area contributed by atoms with Crippen molar-refractivity contribution in [3.63, 3.8) is 0 Å². The number of carbonyl (C=O) groups is 1. The summed E-state index contributed by atoms with van der Waals surface area (Å²) >= 11 is 0. The summed E-state index contributed by atoms with van der Waals surface area (Å²) in [5.74, 6) is -1.71. The number of carbonyl (C=O) groups excluding carboxylic acids is 1. The second-order valence-corrected chi connectivity index (χ2v) is 4.97. The minimum atomic E-state index is -0.838. The van der Waals surface area contributed by atoms with Gasteiger partial charge in [-0.3, -0.25) is 4.79 Å². The van der Waals surface area contributed by atoms with Gasteiger partial charge in [0.15, 0.2) is 5.78 Å². The fourth-order valence-electron chi connectivity index (χ4n) is 2.22. The minimum absolute atomic E-state index is 0.109. The summed E-state index contributed by atoms with van der Waals surface area (Å²) in [5, 5.41) is 0. The van der Waals surface area contributed by atoms with Gasteiger partial charge in [0.2, 0.25) is 0 Å². The van der Waals surface area contributed by atoms with E-state index in [1.165, 1.54) is 20.1 Å². The van der Waals surface area contributed by atoms with E-state index >= 15 is 0 Å². The SMILES string of the molecule is COc1ccc(C)cc1CC(=O)c1c(F)ccc(C)c1F. The third-order valence-electron chi connectivity index (χ3n) is 3.35. The summed E-state index contributed by atoms with van der Waals surface area (Å²) in [6, 6.07) is 7.79. The van der Waals surface area contributed by atoms with Crippen molar-refractivity contribution in [3.8, 4) is 5.75 Å². The smallest absolute Gasteiger partial charge is 0.173 e. The Hall–Kier alpha value is -2.23. The topological polar surface area (TPSA) is 26.3 Å². The van der Waals surface area contributed by atoms with Crippen LogP contribution in [0.25, 0.3) is 0 Å². The molecule has 0 spiro atoms. The molecule has 2 aromatic carbocycles. The molecule has 21 heavy (non-hydrogen) atoms. The van der Waals surface area contributed by atoms with E-state index < -0.39 is 23.0 Å². The van der Waals surface area contributed by atoms with E-state index in [2.05, 4.69) is 0 Å². The molecule has 0 fully saturated rings. The fraction of sp³-hybridized carbons (Fsp3) is 0.235. The highest BCUT2D eigenvalue weighted by atomic mass is 19.1. The van der Waals surface area contributed by atoms with Crippen molar-refractivity contribution in [2.24, 2.45) is 0 Å². The molecule has 2 aromatic rings. The molecule has 0 heterocycles. The molecule has 0 bridgehead atoms. The van der Waals surface area contributed by atoms with Gasteiger partial charge in [0.25, 0.3) is 0 Å². The molecule has 0 amide bonds. The Balaban J connectivity index is 2.39. The molecule has 0 saturated heterocycles. The summed E-state index contributed by atoms with van der Waals surface area (Å²) in [4.78, 5) is 12.3. The van der Waals surface area contributed by atoms with Crippen LogP contribution in [-0.4, -0.2) is 12.9 Å². The van der Waals surface area contributed by atoms with Crippen molar-refractivity contribution >= 4 is 5.78 Å². The van der Waals surface area contributed by atoms with Gasteiger partial charge in [-0.25, -0.2) is 8.78 Å². The van der Waals surface area contributed by atoms with Gasteiger partial charge < -0.3 is 4.74 Å². The molecule has 2 nitrogen and oxygen atoms in total. The summed E-state index contributed by atoms with van der Waals surface area (Å²) in [5.41, 5.74) is 1.32. The monoisotopic (exact) mass is 290 g/mol. The maximum atomic E-state index is 14.0. The van der Waals surface area contributed by atoms with E-state index in [9.17, 15) is 13.6 Å². The van der Waals surface area contributed by atoms with E-state index in [-0.39, 0.29) is 12.0 Å². The normalized spacial score (nSPS) is 10.5. The van der Waals surface area contributed by atoms with Crippen LogP contribution < -0.4 is 4.74 Å². The molecule has 0 N–H and O–H groups in total. The van der Waals surface area contributed by atoms with Gasteiger partial charge in [-0.2, -0.15) is 0 Å². The Morgan fingerprint density at radius 2 is 1.86 bits per heavy atom. The third-order valence-corrected chi connectivity index (χ3v) is 3.35. The number of hydrogen-bond acceptors (Lipinski definition) is 2. The third kappa shape index (κ3) is 3.10. The van der Waals surface area contributed by atoms with Gasteiger partial charge >= 0.3 is 0 Å². The number of methoxy groups -OCH3 is 1. The van der Waals surface area contributed by atoms with Gasteiger partial charge in [-0.15, -0.1) is 0 Å². The minimum Gasteiger partial charge on any atom is -0.496 e. The summed E-state index contributed by atoms with van der Waals surface area (Å²) in [6.45, 7) is 3.38. The molecule has 0 radical (unpaired) electrons. The van der Waals surface area contributed by atoms with E-state index in [0.717, 1.165) is 11.6 Å². The number of benzene rings is 2. The van der Waals surface area contributed by atoms with Gasteiger partial charge in [0.1, 0.15) is 17.4 Å². The zero-order valence-electron chi connectivity index (χ0n) is 12.2. The maximum Gasteiger partial charge on any atom is 0.173 e. The van der Waals surface area contributed by atoms with Crippen LogP contribution >= 0.6 is 0 Å². The van der Waals surface area contributed by atoms with Crippen molar-refractivity contribution in [2.45, 2.75) is 20.3 Å². The molecule has 2 rings (SSSR count). The Bertz CT molecular complexity index is 693. The molecule has 0 aliphatic rings. The van der Waals surface area contributed by atoms with Crippen LogP contribution in [0.4, 0.5) is 8.78 Å². The lowest BCUT2D eigenvalue weighted by Gasteiger charge is -2.10. The lowest BCUT2D eigenvalue weighted by atomic mass is 9.98. The zero-order chi connectivity index (χ0) is 15.6. The number of Topliss-reactive ketones (excluding diaryl/α,β-unsaturated/α-hetero) is 1. The van der Waals surface area contributed by atoms with Crippen LogP contribution in [0.2, 0.25) is 0 Å². The predicted octanol–water partition coefficient (Wildman–Crippen LogP) is 4.02. The molecular weight excluding hydrogens is 274 g/mol. The van der Waals surface area contributed by atoms with E-state index in [1.54, 1.807) is 12.1 Å². The van der Waals surface area contributed by atoms with Gasteiger partial charge in [0.05, 0.1) is 12.7 Å². The van der Waals surface area contributed by atoms with Gasteiger partial charge in [0, 0.05) is 12.0 Å². The van der Waals surface area contributed by atoms with Crippen LogP contribution in [0, 0.1) is 25.5 Å². The second-order valence-electron chi connectivity index (χ2n) is 4.97. The van der Waals surface area contributed by atoms with Gasteiger partial charge in [-0.05, 0) is 31.5 Å². The first-order chi connectivity index (χ1) is 9.93.